The van der Waals surface area contributed by atoms with E-state index in [1.54, 1.807) is 9.80 Å². The van der Waals surface area contributed by atoms with E-state index in [1.165, 1.54) is 24.3 Å². The first-order valence-electron chi connectivity index (χ1n) is 10.7. The zero-order chi connectivity index (χ0) is 24.7. The zero-order valence-corrected chi connectivity index (χ0v) is 18.1. The van der Waals surface area contributed by atoms with Gasteiger partial charge in [-0.25, -0.2) is 9.18 Å². The van der Waals surface area contributed by atoms with Crippen LogP contribution in [0.4, 0.5) is 22.4 Å². The SMILES string of the molecule is O=C(OCc1ccc(OC(F)(F)F)cc1)N1C[C@@H]2CN(C(=O)c3cc4nn[nH]c4cc3F)C[C@H]2C1. The summed E-state index contributed by atoms with van der Waals surface area (Å²) in [6.45, 7) is 1.42. The van der Waals surface area contributed by atoms with E-state index < -0.39 is 24.2 Å². The van der Waals surface area contributed by atoms with Gasteiger partial charge in [0.25, 0.3) is 5.91 Å². The molecule has 3 aromatic rings. The zero-order valence-electron chi connectivity index (χ0n) is 18.1. The molecule has 5 rings (SSSR count). The number of hydrogen-bond donors (Lipinski definition) is 1. The van der Waals surface area contributed by atoms with Gasteiger partial charge in [-0.2, -0.15) is 0 Å². The fourth-order valence-corrected chi connectivity index (χ4v) is 4.53. The molecule has 35 heavy (non-hydrogen) atoms. The van der Waals surface area contributed by atoms with Crippen LogP contribution in [0, 0.1) is 17.7 Å². The summed E-state index contributed by atoms with van der Waals surface area (Å²) in [4.78, 5) is 28.5. The van der Waals surface area contributed by atoms with Gasteiger partial charge >= 0.3 is 12.5 Å². The Morgan fingerprint density at radius 3 is 2.34 bits per heavy atom. The van der Waals surface area contributed by atoms with Crippen molar-refractivity contribution in [3.05, 3.63) is 53.3 Å². The largest absolute Gasteiger partial charge is 0.573 e. The van der Waals surface area contributed by atoms with Gasteiger partial charge in [-0.05, 0) is 23.8 Å². The lowest BCUT2D eigenvalue weighted by molar-refractivity contribution is -0.274. The highest BCUT2D eigenvalue weighted by Gasteiger charge is 2.44. The molecule has 2 aliphatic heterocycles. The molecule has 2 aromatic carbocycles. The van der Waals surface area contributed by atoms with Gasteiger partial charge in [0, 0.05) is 44.1 Å². The second kappa shape index (κ2) is 8.71. The summed E-state index contributed by atoms with van der Waals surface area (Å²) in [6, 6.07) is 7.61. The average molecular weight is 493 g/mol. The maximum absolute atomic E-state index is 14.4. The lowest BCUT2D eigenvalue weighted by Gasteiger charge is -2.22. The second-order valence-electron chi connectivity index (χ2n) is 8.54. The maximum Gasteiger partial charge on any atom is 0.573 e. The number of halogens is 4. The fourth-order valence-electron chi connectivity index (χ4n) is 4.53. The number of carbonyl (C=O) groups is 2. The first kappa shape index (κ1) is 22.9. The Kier molecular flexibility index (Phi) is 5.69. The Morgan fingerprint density at radius 1 is 1.03 bits per heavy atom. The number of nitrogens with zero attached hydrogens (tertiary/aromatic N) is 4. The van der Waals surface area contributed by atoms with E-state index in [1.807, 2.05) is 0 Å². The quantitative estimate of drug-likeness (QED) is 0.560. The van der Waals surface area contributed by atoms with Crippen molar-refractivity contribution >= 4 is 23.0 Å². The second-order valence-corrected chi connectivity index (χ2v) is 8.54. The monoisotopic (exact) mass is 493 g/mol. The number of aromatic amines is 1. The van der Waals surface area contributed by atoms with Crippen LogP contribution >= 0.6 is 0 Å². The molecule has 0 bridgehead atoms. The van der Waals surface area contributed by atoms with Crippen molar-refractivity contribution in [2.75, 3.05) is 26.2 Å². The molecule has 2 saturated heterocycles. The van der Waals surface area contributed by atoms with Crippen molar-refractivity contribution in [3.63, 3.8) is 0 Å². The molecule has 13 heteroatoms. The van der Waals surface area contributed by atoms with Crippen LogP contribution in [0.2, 0.25) is 0 Å². The molecule has 9 nitrogen and oxygen atoms in total. The highest BCUT2D eigenvalue weighted by molar-refractivity contribution is 5.97. The third-order valence-corrected chi connectivity index (χ3v) is 6.19. The summed E-state index contributed by atoms with van der Waals surface area (Å²) >= 11 is 0. The van der Waals surface area contributed by atoms with Gasteiger partial charge in [0.1, 0.15) is 23.7 Å². The van der Waals surface area contributed by atoms with Crippen molar-refractivity contribution in [1.29, 1.82) is 0 Å². The lowest BCUT2D eigenvalue weighted by Crippen LogP contribution is -2.36. The van der Waals surface area contributed by atoms with Crippen LogP contribution in [0.3, 0.4) is 0 Å². The Morgan fingerprint density at radius 2 is 1.69 bits per heavy atom. The summed E-state index contributed by atoms with van der Waals surface area (Å²) < 4.78 is 60.2. The number of ether oxygens (including phenoxy) is 2. The van der Waals surface area contributed by atoms with Gasteiger partial charge in [-0.1, -0.05) is 17.3 Å². The number of hydrogen-bond acceptors (Lipinski definition) is 6. The minimum absolute atomic E-state index is 0.0316. The van der Waals surface area contributed by atoms with Crippen molar-refractivity contribution in [1.82, 2.24) is 25.2 Å². The van der Waals surface area contributed by atoms with Gasteiger partial charge in [-0.3, -0.25) is 9.89 Å². The van der Waals surface area contributed by atoms with E-state index in [0.29, 0.717) is 42.8 Å². The number of nitrogens with one attached hydrogen (secondary N) is 1. The number of carbonyl (C=O) groups excluding carboxylic acids is 2. The van der Waals surface area contributed by atoms with E-state index in [-0.39, 0.29) is 29.8 Å². The number of alkyl halides is 3. The Balaban J connectivity index is 1.13. The number of H-pyrrole nitrogens is 1. The van der Waals surface area contributed by atoms with E-state index in [9.17, 15) is 27.2 Å². The molecular weight excluding hydrogens is 474 g/mol. The number of benzene rings is 2. The topological polar surface area (TPSA) is 101 Å². The molecule has 0 saturated carbocycles. The molecular formula is C22H19F4N5O4. The minimum Gasteiger partial charge on any atom is -0.445 e. The molecule has 1 N–H and O–H groups in total. The van der Waals surface area contributed by atoms with Crippen LogP contribution < -0.4 is 4.74 Å². The fraction of sp³-hybridized carbons (Fsp3) is 0.364. The molecule has 0 spiro atoms. The average Bonchev–Trinajstić information content (AvgIpc) is 3.51. The molecule has 2 fully saturated rings. The normalized spacial score (nSPS) is 19.8. The highest BCUT2D eigenvalue weighted by Crippen LogP contribution is 2.33. The molecule has 184 valence electrons. The van der Waals surface area contributed by atoms with Gasteiger partial charge < -0.3 is 19.3 Å². The third kappa shape index (κ3) is 4.84. The van der Waals surface area contributed by atoms with E-state index in [4.69, 9.17) is 4.74 Å². The number of rotatable bonds is 4. The molecule has 1 aromatic heterocycles. The highest BCUT2D eigenvalue weighted by atomic mass is 19.4. The predicted octanol–water partition coefficient (Wildman–Crippen LogP) is 3.34. The van der Waals surface area contributed by atoms with Gasteiger partial charge in [0.2, 0.25) is 0 Å². The van der Waals surface area contributed by atoms with Crippen molar-refractivity contribution in [3.8, 4) is 5.75 Å². The molecule has 3 heterocycles. The van der Waals surface area contributed by atoms with Crippen LogP contribution in [0.15, 0.2) is 36.4 Å². The predicted molar refractivity (Wildman–Crippen MR) is 112 cm³/mol. The van der Waals surface area contributed by atoms with E-state index in [2.05, 4.69) is 20.1 Å². The Labute approximate surface area is 195 Å². The summed E-state index contributed by atoms with van der Waals surface area (Å²) in [5.74, 6) is -1.39. The Bertz CT molecular complexity index is 1250. The molecule has 0 unspecified atom stereocenters. The first-order chi connectivity index (χ1) is 16.7. The molecule has 2 atom stereocenters. The van der Waals surface area contributed by atoms with Gasteiger partial charge in [0.05, 0.1) is 11.1 Å². The van der Waals surface area contributed by atoms with E-state index in [0.717, 1.165) is 12.1 Å². The summed E-state index contributed by atoms with van der Waals surface area (Å²) in [7, 11) is 0. The molecule has 2 aliphatic rings. The van der Waals surface area contributed by atoms with Gasteiger partial charge in [-0.15, -0.1) is 18.3 Å². The van der Waals surface area contributed by atoms with Crippen LogP contribution in [0.25, 0.3) is 11.0 Å². The van der Waals surface area contributed by atoms with Gasteiger partial charge in [0.15, 0.2) is 0 Å². The molecule has 0 aliphatic carbocycles. The van der Waals surface area contributed by atoms with Crippen LogP contribution in [-0.4, -0.2) is 69.8 Å². The van der Waals surface area contributed by atoms with Crippen LogP contribution in [-0.2, 0) is 11.3 Å². The number of aromatic nitrogens is 3. The number of likely N-dealkylation sites (tertiary alicyclic amines) is 2. The molecule has 0 radical (unpaired) electrons. The standard InChI is InChI=1S/C22H19F4N5O4/c23-17-6-19-18(27-29-28-19)5-16(17)20(32)30-7-13-9-31(10-14(13)8-30)21(33)34-11-12-1-3-15(4-2-12)35-22(24,25)26/h1-6,13-14H,7-11H2,(H,27,28,29)/t13-,14-/m0/s1. The summed E-state index contributed by atoms with van der Waals surface area (Å²) in [5, 5.41) is 9.97. The van der Waals surface area contributed by atoms with Crippen LogP contribution in [0.1, 0.15) is 15.9 Å². The number of amides is 2. The smallest absolute Gasteiger partial charge is 0.445 e. The van der Waals surface area contributed by atoms with Crippen molar-refractivity contribution in [2.24, 2.45) is 11.8 Å². The first-order valence-corrected chi connectivity index (χ1v) is 10.7. The van der Waals surface area contributed by atoms with E-state index >= 15 is 0 Å². The molecule has 2 amide bonds. The van der Waals surface area contributed by atoms with Crippen LogP contribution in [0.5, 0.6) is 5.75 Å². The minimum atomic E-state index is -4.78. The van der Waals surface area contributed by atoms with Crippen molar-refractivity contribution < 1.29 is 36.6 Å². The lowest BCUT2D eigenvalue weighted by atomic mass is 10.0. The number of fused-ring (bicyclic) bond motifs is 2. The van der Waals surface area contributed by atoms with Crippen molar-refractivity contribution in [2.45, 2.75) is 13.0 Å². The summed E-state index contributed by atoms with van der Waals surface area (Å²) in [6.07, 6.45) is -5.32. The third-order valence-electron chi connectivity index (χ3n) is 6.19. The summed E-state index contributed by atoms with van der Waals surface area (Å²) in [5.41, 5.74) is 1.23. The Hall–Kier alpha value is -3.90. The maximum atomic E-state index is 14.4.